The summed E-state index contributed by atoms with van der Waals surface area (Å²) in [6.07, 6.45) is -8.70. The molecule has 18 atom stereocenters. The van der Waals surface area contributed by atoms with E-state index in [-0.39, 0.29) is 43.7 Å². The molecule has 0 aromatic carbocycles. The van der Waals surface area contributed by atoms with Crippen LogP contribution in [0.2, 0.25) is 0 Å². The number of hydrogen-bond donors (Lipinski definition) is 5. The van der Waals surface area contributed by atoms with Crippen LogP contribution >= 0.6 is 11.3 Å². The third-order valence-corrected chi connectivity index (χ3v) is 14.4. The number of carbonyl (C=O) groups is 2. The van der Waals surface area contributed by atoms with Gasteiger partial charge in [0, 0.05) is 49.1 Å². The molecule has 0 aliphatic carbocycles. The Hall–Kier alpha value is -2.13. The lowest BCUT2D eigenvalue weighted by molar-refractivity contribution is -0.319. The molecule has 5 N–H and O–H groups in total. The van der Waals surface area contributed by atoms with E-state index in [2.05, 4.69) is 10.5 Å². The van der Waals surface area contributed by atoms with Crippen molar-refractivity contribution < 1.29 is 63.2 Å². The van der Waals surface area contributed by atoms with Crippen molar-refractivity contribution >= 4 is 28.9 Å². The number of thiophene rings is 1. The van der Waals surface area contributed by atoms with Crippen LogP contribution in [0, 0.1) is 23.7 Å². The average Bonchev–Trinajstić information content (AvgIpc) is 3.72. The van der Waals surface area contributed by atoms with Crippen molar-refractivity contribution in [3.05, 3.63) is 22.4 Å². The molecule has 17 heteroatoms. The first-order chi connectivity index (χ1) is 28.4. The maximum atomic E-state index is 14.5. The van der Waals surface area contributed by atoms with Crippen molar-refractivity contribution in [1.82, 2.24) is 10.3 Å². The second-order valence-electron chi connectivity index (χ2n) is 18.6. The van der Waals surface area contributed by atoms with Crippen LogP contribution in [0.3, 0.4) is 0 Å². The molecule has 350 valence electrons. The lowest BCUT2D eigenvalue weighted by atomic mass is 9.73. The van der Waals surface area contributed by atoms with Gasteiger partial charge in [-0.3, -0.25) is 9.59 Å². The Kier molecular flexibility index (Phi) is 17.9. The van der Waals surface area contributed by atoms with E-state index < -0.39 is 102 Å². The molecule has 61 heavy (non-hydrogen) atoms. The normalized spacial score (nSPS) is 44.1. The minimum absolute atomic E-state index is 0.0934. The summed E-state index contributed by atoms with van der Waals surface area (Å²) in [4.78, 5) is 30.5. The van der Waals surface area contributed by atoms with Crippen LogP contribution < -0.4 is 5.43 Å². The zero-order valence-electron chi connectivity index (χ0n) is 38.7. The van der Waals surface area contributed by atoms with Gasteiger partial charge in [0.25, 0.3) is 0 Å². The smallest absolute Gasteiger partial charge is 0.311 e. The highest BCUT2D eigenvalue weighted by Gasteiger charge is 2.54. The molecule has 3 aliphatic rings. The van der Waals surface area contributed by atoms with Crippen LogP contribution in [-0.2, 0) is 49.2 Å². The second kappa shape index (κ2) is 21.2. The van der Waals surface area contributed by atoms with Gasteiger partial charge in [0.05, 0.1) is 54.1 Å². The molecule has 1 amide bonds. The Morgan fingerprint density at radius 2 is 1.62 bits per heavy atom. The number of ether oxygens (including phenoxy) is 7. The first-order valence-corrected chi connectivity index (χ1v) is 22.6. The molecule has 0 radical (unpaired) electrons. The summed E-state index contributed by atoms with van der Waals surface area (Å²) in [5, 5.41) is 53.5. The fourth-order valence-corrected chi connectivity index (χ4v) is 10.2. The topological polar surface area (TPSA) is 207 Å². The predicted octanol–water partition coefficient (Wildman–Crippen LogP) is 3.65. The SMILES string of the molecule is CCC1OC(=O)C(C)C(OC2CC(C)(OC)C(O)C(C)O2)C(C)C(OC2OC(C)CC(N(C)C)C2O)C(C)(OC)CC(C)C(=NNC(=O)Cc2cccs2)C(C)C(O)C1(C)O. The summed E-state index contributed by atoms with van der Waals surface area (Å²) < 4.78 is 44.7. The lowest BCUT2D eigenvalue weighted by Gasteiger charge is -2.50. The van der Waals surface area contributed by atoms with Crippen LogP contribution in [-0.4, -0.2) is 155 Å². The Labute approximate surface area is 366 Å². The third-order valence-electron chi connectivity index (χ3n) is 13.5. The van der Waals surface area contributed by atoms with Gasteiger partial charge in [0.1, 0.15) is 23.9 Å². The number of esters is 1. The van der Waals surface area contributed by atoms with E-state index in [1.54, 1.807) is 41.7 Å². The number of aliphatic hydroxyl groups excluding tert-OH is 3. The molecule has 1 aromatic heterocycles. The van der Waals surface area contributed by atoms with Crippen molar-refractivity contribution in [1.29, 1.82) is 0 Å². The van der Waals surface area contributed by atoms with Gasteiger partial charge < -0.3 is 58.5 Å². The third kappa shape index (κ3) is 11.8. The van der Waals surface area contributed by atoms with Crippen LogP contribution in [0.4, 0.5) is 0 Å². The van der Waals surface area contributed by atoms with Crippen LogP contribution in [0.1, 0.15) is 99.8 Å². The van der Waals surface area contributed by atoms with Gasteiger partial charge in [-0.2, -0.15) is 5.10 Å². The zero-order chi connectivity index (χ0) is 45.8. The summed E-state index contributed by atoms with van der Waals surface area (Å²) in [7, 11) is 6.82. The number of carbonyl (C=O) groups excluding carboxylic acids is 2. The zero-order valence-corrected chi connectivity index (χ0v) is 39.5. The number of hydrogen-bond acceptors (Lipinski definition) is 16. The van der Waals surface area contributed by atoms with E-state index in [1.807, 2.05) is 64.2 Å². The Morgan fingerprint density at radius 1 is 0.967 bits per heavy atom. The summed E-state index contributed by atoms with van der Waals surface area (Å²) in [6.45, 7) is 17.6. The predicted molar refractivity (Wildman–Crippen MR) is 230 cm³/mol. The van der Waals surface area contributed by atoms with E-state index >= 15 is 0 Å². The minimum atomic E-state index is -1.97. The highest BCUT2D eigenvalue weighted by molar-refractivity contribution is 7.10. The van der Waals surface area contributed by atoms with Gasteiger partial charge in [0.2, 0.25) is 5.91 Å². The fourth-order valence-electron chi connectivity index (χ4n) is 9.54. The molecule has 3 aliphatic heterocycles. The molecule has 18 unspecified atom stereocenters. The summed E-state index contributed by atoms with van der Waals surface area (Å²) in [5.41, 5.74) is -1.23. The first kappa shape index (κ1) is 51.5. The Balaban J connectivity index is 1.90. The van der Waals surface area contributed by atoms with E-state index in [4.69, 9.17) is 33.2 Å². The number of likely N-dealkylation sites (N-methyl/N-ethyl adjacent to an activating group) is 1. The van der Waals surface area contributed by atoms with Gasteiger partial charge >= 0.3 is 5.97 Å². The largest absolute Gasteiger partial charge is 0.459 e. The number of methoxy groups -OCH3 is 2. The van der Waals surface area contributed by atoms with E-state index in [0.29, 0.717) is 12.1 Å². The lowest BCUT2D eigenvalue weighted by Crippen LogP contribution is -2.61. The number of cyclic esters (lactones) is 1. The number of aliphatic hydroxyl groups is 4. The molecule has 4 heterocycles. The summed E-state index contributed by atoms with van der Waals surface area (Å²) in [6, 6.07) is 3.42. The maximum Gasteiger partial charge on any atom is 0.311 e. The van der Waals surface area contributed by atoms with Gasteiger partial charge in [-0.15, -0.1) is 11.3 Å². The second-order valence-corrected chi connectivity index (χ2v) is 19.6. The van der Waals surface area contributed by atoms with Gasteiger partial charge in [-0.1, -0.05) is 33.8 Å². The number of nitrogens with one attached hydrogen (secondary N) is 1. The number of hydrazone groups is 1. The van der Waals surface area contributed by atoms with Gasteiger partial charge in [-0.25, -0.2) is 5.43 Å². The molecular formula is C44H75N3O13S. The minimum Gasteiger partial charge on any atom is -0.459 e. The van der Waals surface area contributed by atoms with Crippen LogP contribution in [0.5, 0.6) is 0 Å². The van der Waals surface area contributed by atoms with Crippen molar-refractivity contribution in [2.45, 2.75) is 186 Å². The summed E-state index contributed by atoms with van der Waals surface area (Å²) in [5.74, 6) is -4.24. The van der Waals surface area contributed by atoms with Crippen molar-refractivity contribution in [3.8, 4) is 0 Å². The van der Waals surface area contributed by atoms with Gasteiger partial charge in [0.15, 0.2) is 12.6 Å². The average molecular weight is 886 g/mol. The van der Waals surface area contributed by atoms with Crippen molar-refractivity contribution in [2.24, 2.45) is 28.8 Å². The maximum absolute atomic E-state index is 14.5. The van der Waals surface area contributed by atoms with Gasteiger partial charge in [-0.05, 0) is 92.3 Å². The molecule has 0 bridgehead atoms. The molecule has 3 saturated heterocycles. The summed E-state index contributed by atoms with van der Waals surface area (Å²) >= 11 is 1.45. The Morgan fingerprint density at radius 3 is 2.20 bits per heavy atom. The highest BCUT2D eigenvalue weighted by Crippen LogP contribution is 2.42. The molecule has 3 fully saturated rings. The molecule has 0 saturated carbocycles. The molecule has 4 rings (SSSR count). The van der Waals surface area contributed by atoms with E-state index in [0.717, 1.165) is 4.88 Å². The Bertz CT molecular complexity index is 1600. The van der Waals surface area contributed by atoms with Crippen molar-refractivity contribution in [3.63, 3.8) is 0 Å². The number of rotatable bonds is 11. The van der Waals surface area contributed by atoms with E-state index in [9.17, 15) is 30.0 Å². The standard InChI is InChI=1S/C44H75N3O13S/c1-15-31-44(10,53)37(50)25(4)34(46-45-32(48)20-29-17-16-18-61-29)23(2)21-43(9,55-14)39(60-41-35(49)30(47(11)12)19-24(3)56-41)26(5)36(27(6)40(52)58-31)59-33-22-42(8,54-13)38(51)28(7)57-33/h16-18,23-28,30-31,33,35-39,41,49-51,53H,15,19-22H2,1-14H3,(H,45,48). The van der Waals surface area contributed by atoms with Crippen molar-refractivity contribution in [2.75, 3.05) is 28.3 Å². The molecule has 16 nitrogen and oxygen atoms in total. The quantitative estimate of drug-likeness (QED) is 0.159. The number of amides is 1. The molecule has 0 spiro atoms. The monoisotopic (exact) mass is 886 g/mol. The van der Waals surface area contributed by atoms with E-state index in [1.165, 1.54) is 25.4 Å². The van der Waals surface area contributed by atoms with Crippen LogP contribution in [0.15, 0.2) is 22.6 Å². The molecule has 1 aromatic rings. The highest BCUT2D eigenvalue weighted by atomic mass is 32.1. The fraction of sp³-hybridized carbons (Fsp3) is 0.841. The molecular weight excluding hydrogens is 811 g/mol. The van der Waals surface area contributed by atoms with Crippen LogP contribution in [0.25, 0.3) is 0 Å². The first-order valence-electron chi connectivity index (χ1n) is 21.7. The number of nitrogens with zero attached hydrogens (tertiary/aromatic N) is 2.